The minimum atomic E-state index is -0.467. The molecule has 0 amide bonds. The van der Waals surface area contributed by atoms with E-state index in [-0.39, 0.29) is 0 Å². The van der Waals surface area contributed by atoms with Crippen molar-refractivity contribution in [2.75, 3.05) is 0 Å². The largest absolute Gasteiger partial charge is 0.388 e. The van der Waals surface area contributed by atoms with Crippen LogP contribution in [0.15, 0.2) is 47.2 Å². The maximum Gasteiger partial charge on any atom is 0.0832 e. The summed E-state index contributed by atoms with van der Waals surface area (Å²) in [6.07, 6.45) is 3.64. The molecule has 1 N–H and O–H groups in total. The van der Waals surface area contributed by atoms with E-state index in [1.54, 1.807) is 12.4 Å². The number of pyridine rings is 1. The lowest BCUT2D eigenvalue weighted by atomic mass is 9.98. The van der Waals surface area contributed by atoms with Gasteiger partial charge in [0.1, 0.15) is 0 Å². The molecule has 2 nitrogen and oxygen atoms in total. The van der Waals surface area contributed by atoms with Crippen molar-refractivity contribution in [3.05, 3.63) is 63.9 Å². The zero-order valence-electron chi connectivity index (χ0n) is 9.60. The predicted molar refractivity (Wildman–Crippen MR) is 71.8 cm³/mol. The summed E-state index contributed by atoms with van der Waals surface area (Å²) in [6, 6.07) is 9.79. The zero-order valence-corrected chi connectivity index (χ0v) is 11.2. The van der Waals surface area contributed by atoms with Crippen molar-refractivity contribution in [1.82, 2.24) is 4.98 Å². The van der Waals surface area contributed by atoms with Gasteiger partial charge in [0.15, 0.2) is 0 Å². The molecule has 1 aromatic carbocycles. The topological polar surface area (TPSA) is 33.1 Å². The molecule has 88 valence electrons. The van der Waals surface area contributed by atoms with E-state index >= 15 is 0 Å². The number of hydrogen-bond donors (Lipinski definition) is 1. The van der Waals surface area contributed by atoms with E-state index in [9.17, 15) is 5.11 Å². The molecule has 0 aliphatic heterocycles. The normalized spacial score (nSPS) is 12.4. The molecule has 0 radical (unpaired) electrons. The van der Waals surface area contributed by atoms with Gasteiger partial charge in [-0.1, -0.05) is 22.0 Å². The van der Waals surface area contributed by atoms with Crippen LogP contribution in [-0.2, 0) is 6.42 Å². The Labute approximate surface area is 109 Å². The molecule has 1 aromatic heterocycles. The van der Waals surface area contributed by atoms with Crippen molar-refractivity contribution >= 4 is 15.9 Å². The van der Waals surface area contributed by atoms with Gasteiger partial charge in [0.25, 0.3) is 0 Å². The highest BCUT2D eigenvalue weighted by Gasteiger charge is 2.11. The Morgan fingerprint density at radius 3 is 2.59 bits per heavy atom. The number of hydrogen-bond acceptors (Lipinski definition) is 2. The van der Waals surface area contributed by atoms with Gasteiger partial charge in [-0.3, -0.25) is 4.98 Å². The van der Waals surface area contributed by atoms with Gasteiger partial charge in [-0.25, -0.2) is 0 Å². The minimum Gasteiger partial charge on any atom is -0.388 e. The average Bonchev–Trinajstić information content (AvgIpc) is 2.30. The van der Waals surface area contributed by atoms with Crippen LogP contribution in [0.25, 0.3) is 0 Å². The molecule has 2 rings (SSSR count). The van der Waals surface area contributed by atoms with Crippen molar-refractivity contribution in [2.24, 2.45) is 0 Å². The van der Waals surface area contributed by atoms with Gasteiger partial charge in [-0.15, -0.1) is 0 Å². The predicted octanol–water partition coefficient (Wildman–Crippen LogP) is 3.43. The van der Waals surface area contributed by atoms with Gasteiger partial charge in [0.2, 0.25) is 0 Å². The Balaban J connectivity index is 2.17. The fraction of sp³-hybridized carbons (Fsp3) is 0.214. The Morgan fingerprint density at radius 2 is 1.94 bits per heavy atom. The molecule has 2 aromatic rings. The van der Waals surface area contributed by atoms with Crippen molar-refractivity contribution < 1.29 is 5.11 Å². The number of nitrogens with zero attached hydrogens (tertiary/aromatic N) is 1. The third kappa shape index (κ3) is 3.14. The molecule has 3 heteroatoms. The number of aliphatic hydroxyl groups is 1. The lowest BCUT2D eigenvalue weighted by Crippen LogP contribution is -2.03. The van der Waals surface area contributed by atoms with Crippen LogP contribution >= 0.6 is 15.9 Å². The lowest BCUT2D eigenvalue weighted by Gasteiger charge is -2.14. The summed E-state index contributed by atoms with van der Waals surface area (Å²) in [6.45, 7) is 2.01. The molecule has 0 aliphatic rings. The fourth-order valence-electron chi connectivity index (χ4n) is 1.87. The molecule has 0 saturated heterocycles. The molecule has 17 heavy (non-hydrogen) atoms. The summed E-state index contributed by atoms with van der Waals surface area (Å²) >= 11 is 3.42. The highest BCUT2D eigenvalue weighted by Crippen LogP contribution is 2.24. The van der Waals surface area contributed by atoms with E-state index in [2.05, 4.69) is 20.9 Å². The number of aryl methyl sites for hydroxylation is 1. The summed E-state index contributed by atoms with van der Waals surface area (Å²) in [5.41, 5.74) is 3.17. The van der Waals surface area contributed by atoms with Crippen LogP contribution in [0.1, 0.15) is 22.8 Å². The van der Waals surface area contributed by atoms with E-state index in [0.717, 1.165) is 21.2 Å². The number of aromatic nitrogens is 1. The first-order chi connectivity index (χ1) is 8.16. The zero-order chi connectivity index (χ0) is 12.3. The molecule has 1 atom stereocenters. The van der Waals surface area contributed by atoms with E-state index in [0.29, 0.717) is 6.42 Å². The van der Waals surface area contributed by atoms with E-state index in [1.807, 2.05) is 37.3 Å². The van der Waals surface area contributed by atoms with Gasteiger partial charge in [0.05, 0.1) is 6.10 Å². The minimum absolute atomic E-state index is 0.467. The van der Waals surface area contributed by atoms with Crippen LogP contribution in [-0.4, -0.2) is 10.1 Å². The second-order valence-corrected chi connectivity index (χ2v) is 4.99. The average molecular weight is 292 g/mol. The fourth-order valence-corrected chi connectivity index (χ4v) is 2.34. The third-order valence-corrected chi connectivity index (χ3v) is 3.26. The van der Waals surface area contributed by atoms with Crippen LogP contribution in [0.5, 0.6) is 0 Å². The van der Waals surface area contributed by atoms with E-state index in [1.165, 1.54) is 0 Å². The number of aliphatic hydroxyl groups excluding tert-OH is 1. The second-order valence-electron chi connectivity index (χ2n) is 4.08. The maximum absolute atomic E-state index is 10.2. The Morgan fingerprint density at radius 1 is 1.24 bits per heavy atom. The number of benzene rings is 1. The van der Waals surface area contributed by atoms with Crippen LogP contribution in [0.3, 0.4) is 0 Å². The summed E-state index contributed by atoms with van der Waals surface area (Å²) in [5, 5.41) is 10.2. The summed E-state index contributed by atoms with van der Waals surface area (Å²) in [5.74, 6) is 0. The van der Waals surface area contributed by atoms with Crippen molar-refractivity contribution in [2.45, 2.75) is 19.4 Å². The molecular weight excluding hydrogens is 278 g/mol. The van der Waals surface area contributed by atoms with Crippen molar-refractivity contribution in [3.63, 3.8) is 0 Å². The monoisotopic (exact) mass is 291 g/mol. The smallest absolute Gasteiger partial charge is 0.0832 e. The van der Waals surface area contributed by atoms with Crippen LogP contribution in [0, 0.1) is 6.92 Å². The molecule has 0 aliphatic carbocycles. The van der Waals surface area contributed by atoms with E-state index < -0.39 is 6.10 Å². The second kappa shape index (κ2) is 5.43. The highest BCUT2D eigenvalue weighted by molar-refractivity contribution is 9.10. The Bertz CT molecular complexity index is 499. The maximum atomic E-state index is 10.2. The van der Waals surface area contributed by atoms with Gasteiger partial charge in [0, 0.05) is 23.3 Å². The standard InChI is InChI=1S/C14H14BrNO/c1-10-8-12(15)2-3-13(10)14(17)9-11-4-6-16-7-5-11/h2-8,14,17H,9H2,1H3. The first-order valence-electron chi connectivity index (χ1n) is 5.50. The van der Waals surface area contributed by atoms with Crippen molar-refractivity contribution in [3.8, 4) is 0 Å². The Kier molecular flexibility index (Phi) is 3.92. The first kappa shape index (κ1) is 12.3. The summed E-state index contributed by atoms with van der Waals surface area (Å²) in [7, 11) is 0. The van der Waals surface area contributed by atoms with Crippen molar-refractivity contribution in [1.29, 1.82) is 0 Å². The lowest BCUT2D eigenvalue weighted by molar-refractivity contribution is 0.177. The van der Waals surface area contributed by atoms with Gasteiger partial charge >= 0.3 is 0 Å². The highest BCUT2D eigenvalue weighted by atomic mass is 79.9. The first-order valence-corrected chi connectivity index (χ1v) is 6.29. The van der Waals surface area contributed by atoms with E-state index in [4.69, 9.17) is 0 Å². The molecule has 1 unspecified atom stereocenters. The van der Waals surface area contributed by atoms with Crippen LogP contribution in [0.4, 0.5) is 0 Å². The molecule has 0 fully saturated rings. The summed E-state index contributed by atoms with van der Waals surface area (Å²) in [4.78, 5) is 3.97. The number of halogens is 1. The molecule has 0 saturated carbocycles. The van der Waals surface area contributed by atoms with Crippen LogP contribution in [0.2, 0.25) is 0 Å². The molecular formula is C14H14BrNO. The summed E-state index contributed by atoms with van der Waals surface area (Å²) < 4.78 is 1.04. The quantitative estimate of drug-likeness (QED) is 0.940. The van der Waals surface area contributed by atoms with Gasteiger partial charge in [-0.05, 0) is 47.9 Å². The van der Waals surface area contributed by atoms with Gasteiger partial charge in [-0.2, -0.15) is 0 Å². The van der Waals surface area contributed by atoms with Gasteiger partial charge < -0.3 is 5.11 Å². The molecule has 0 spiro atoms. The third-order valence-electron chi connectivity index (χ3n) is 2.77. The van der Waals surface area contributed by atoms with Crippen LogP contribution < -0.4 is 0 Å². The number of rotatable bonds is 3. The Hall–Kier alpha value is -1.19. The molecule has 1 heterocycles. The molecule has 0 bridgehead atoms. The SMILES string of the molecule is Cc1cc(Br)ccc1C(O)Cc1ccncc1.